The number of aromatic nitrogens is 2. The second-order valence-corrected chi connectivity index (χ2v) is 5.55. The molecule has 0 bridgehead atoms. The Morgan fingerprint density at radius 3 is 2.94 bits per heavy atom. The van der Waals surface area contributed by atoms with Crippen molar-refractivity contribution in [2.45, 2.75) is 20.5 Å². The molecule has 0 saturated carbocycles. The molecule has 18 heavy (non-hydrogen) atoms. The molecule has 0 aliphatic rings. The van der Waals surface area contributed by atoms with E-state index in [1.807, 2.05) is 37.4 Å². The van der Waals surface area contributed by atoms with Crippen LogP contribution in [-0.4, -0.2) is 9.97 Å². The van der Waals surface area contributed by atoms with Gasteiger partial charge in [0.1, 0.15) is 17.4 Å². The van der Waals surface area contributed by atoms with E-state index in [4.69, 9.17) is 4.74 Å². The lowest BCUT2D eigenvalue weighted by molar-refractivity contribution is 0.306. The summed E-state index contributed by atoms with van der Waals surface area (Å²) in [7, 11) is 0. The highest BCUT2D eigenvalue weighted by molar-refractivity contribution is 7.11. The predicted molar refractivity (Wildman–Crippen MR) is 74.2 cm³/mol. The Labute approximate surface area is 109 Å². The third-order valence-corrected chi connectivity index (χ3v) is 4.01. The first-order chi connectivity index (χ1) is 8.72. The topological polar surface area (TPSA) is 37.9 Å². The smallest absolute Gasteiger partial charge is 0.140 e. The van der Waals surface area contributed by atoms with E-state index in [1.54, 1.807) is 11.3 Å². The molecule has 3 nitrogen and oxygen atoms in total. The molecule has 3 aromatic rings. The molecule has 2 aromatic heterocycles. The number of aryl methyl sites for hydroxylation is 2. The van der Waals surface area contributed by atoms with Crippen molar-refractivity contribution >= 4 is 22.2 Å². The molecule has 92 valence electrons. The number of thiazole rings is 1. The number of benzene rings is 1. The average molecular weight is 258 g/mol. The van der Waals surface area contributed by atoms with Gasteiger partial charge in [-0.3, -0.25) is 0 Å². The fourth-order valence-electron chi connectivity index (χ4n) is 1.87. The normalized spacial score (nSPS) is 11.0. The molecule has 2 heterocycles. The largest absolute Gasteiger partial charge is 0.486 e. The summed E-state index contributed by atoms with van der Waals surface area (Å²) in [5.41, 5.74) is 2.22. The van der Waals surface area contributed by atoms with Gasteiger partial charge in [-0.1, -0.05) is 0 Å². The van der Waals surface area contributed by atoms with Gasteiger partial charge in [-0.05, 0) is 38.1 Å². The van der Waals surface area contributed by atoms with Crippen molar-refractivity contribution in [1.82, 2.24) is 9.97 Å². The lowest BCUT2D eigenvalue weighted by atomic mass is 10.2. The van der Waals surface area contributed by atoms with Crippen LogP contribution in [0, 0.1) is 13.8 Å². The Bertz CT molecular complexity index is 664. The number of hydrogen-bond donors (Lipinski definition) is 1. The van der Waals surface area contributed by atoms with Crippen LogP contribution in [0.15, 0.2) is 30.5 Å². The maximum absolute atomic E-state index is 5.77. The lowest BCUT2D eigenvalue weighted by Crippen LogP contribution is -1.94. The molecule has 0 radical (unpaired) electrons. The van der Waals surface area contributed by atoms with Crippen molar-refractivity contribution in [3.63, 3.8) is 0 Å². The Balaban J connectivity index is 1.76. The molecular weight excluding hydrogens is 244 g/mol. The summed E-state index contributed by atoms with van der Waals surface area (Å²) < 4.78 is 5.77. The van der Waals surface area contributed by atoms with Crippen LogP contribution in [-0.2, 0) is 6.61 Å². The molecule has 0 atom stereocenters. The van der Waals surface area contributed by atoms with Gasteiger partial charge >= 0.3 is 0 Å². The third-order valence-electron chi connectivity index (χ3n) is 2.96. The number of aromatic amines is 1. The van der Waals surface area contributed by atoms with Crippen molar-refractivity contribution < 1.29 is 4.74 Å². The summed E-state index contributed by atoms with van der Waals surface area (Å²) in [6.45, 7) is 4.65. The number of nitrogens with one attached hydrogen (secondary N) is 1. The Kier molecular flexibility index (Phi) is 2.80. The first-order valence-electron chi connectivity index (χ1n) is 5.85. The van der Waals surface area contributed by atoms with Crippen LogP contribution in [0.1, 0.15) is 15.6 Å². The summed E-state index contributed by atoms with van der Waals surface area (Å²) in [5.74, 6) is 0.882. The van der Waals surface area contributed by atoms with Crippen molar-refractivity contribution in [3.05, 3.63) is 46.0 Å². The van der Waals surface area contributed by atoms with E-state index >= 15 is 0 Å². The van der Waals surface area contributed by atoms with Crippen molar-refractivity contribution in [3.8, 4) is 5.75 Å². The number of nitrogens with zero attached hydrogens (tertiary/aromatic N) is 1. The molecule has 4 heteroatoms. The van der Waals surface area contributed by atoms with Crippen LogP contribution in [0.5, 0.6) is 5.75 Å². The molecule has 1 aromatic carbocycles. The van der Waals surface area contributed by atoms with Gasteiger partial charge in [0.25, 0.3) is 0 Å². The maximum atomic E-state index is 5.77. The Hall–Kier alpha value is -1.81. The van der Waals surface area contributed by atoms with E-state index < -0.39 is 0 Å². The molecule has 0 spiro atoms. The van der Waals surface area contributed by atoms with Gasteiger partial charge in [-0.15, -0.1) is 11.3 Å². The molecule has 0 amide bonds. The molecular formula is C14H14N2OS. The summed E-state index contributed by atoms with van der Waals surface area (Å²) >= 11 is 1.70. The Morgan fingerprint density at radius 2 is 2.17 bits per heavy atom. The minimum atomic E-state index is 0.537. The Morgan fingerprint density at radius 1 is 1.28 bits per heavy atom. The highest BCUT2D eigenvalue weighted by atomic mass is 32.1. The first kappa shape index (κ1) is 11.3. The fraction of sp³-hybridized carbons (Fsp3) is 0.214. The van der Waals surface area contributed by atoms with E-state index in [1.165, 1.54) is 10.3 Å². The number of ether oxygens (including phenoxy) is 1. The van der Waals surface area contributed by atoms with Crippen LogP contribution < -0.4 is 4.74 Å². The van der Waals surface area contributed by atoms with Gasteiger partial charge < -0.3 is 9.72 Å². The van der Waals surface area contributed by atoms with Gasteiger partial charge in [-0.25, -0.2) is 4.98 Å². The van der Waals surface area contributed by atoms with Crippen molar-refractivity contribution in [2.24, 2.45) is 0 Å². The molecule has 0 fully saturated rings. The zero-order valence-corrected chi connectivity index (χ0v) is 11.2. The summed E-state index contributed by atoms with van der Waals surface area (Å²) in [6.07, 6.45) is 1.93. The second-order valence-electron chi connectivity index (χ2n) is 4.26. The number of rotatable bonds is 3. The van der Waals surface area contributed by atoms with Crippen LogP contribution in [0.3, 0.4) is 0 Å². The molecule has 0 saturated heterocycles. The van der Waals surface area contributed by atoms with E-state index in [-0.39, 0.29) is 0 Å². The number of H-pyrrole nitrogens is 1. The average Bonchev–Trinajstić information content (AvgIpc) is 2.94. The standard InChI is InChI=1S/C14H14N2OS/c1-9-10(2)18-14(16-9)8-17-12-3-4-13-11(7-12)5-6-15-13/h3-7,15H,8H2,1-2H3. The van der Waals surface area contributed by atoms with Gasteiger partial charge in [0, 0.05) is 22.0 Å². The predicted octanol–water partition coefficient (Wildman–Crippen LogP) is 3.82. The number of hydrogen-bond acceptors (Lipinski definition) is 3. The van der Waals surface area contributed by atoms with E-state index in [0.717, 1.165) is 22.0 Å². The summed E-state index contributed by atoms with van der Waals surface area (Å²) in [4.78, 5) is 8.89. The summed E-state index contributed by atoms with van der Waals surface area (Å²) in [6, 6.07) is 8.09. The highest BCUT2D eigenvalue weighted by Crippen LogP contribution is 2.22. The lowest BCUT2D eigenvalue weighted by Gasteiger charge is -2.03. The van der Waals surface area contributed by atoms with Crippen LogP contribution >= 0.6 is 11.3 Å². The van der Waals surface area contributed by atoms with Crippen molar-refractivity contribution in [2.75, 3.05) is 0 Å². The maximum Gasteiger partial charge on any atom is 0.140 e. The van der Waals surface area contributed by atoms with Gasteiger partial charge in [0.05, 0.1) is 5.69 Å². The minimum absolute atomic E-state index is 0.537. The quantitative estimate of drug-likeness (QED) is 0.775. The van der Waals surface area contributed by atoms with Crippen LogP contribution in [0.4, 0.5) is 0 Å². The first-order valence-corrected chi connectivity index (χ1v) is 6.67. The van der Waals surface area contributed by atoms with E-state index in [0.29, 0.717) is 6.61 Å². The van der Waals surface area contributed by atoms with Gasteiger partial charge in [0.2, 0.25) is 0 Å². The molecule has 0 aliphatic heterocycles. The molecule has 0 aliphatic carbocycles. The fourth-order valence-corrected chi connectivity index (χ4v) is 2.71. The summed E-state index contributed by atoms with van der Waals surface area (Å²) in [5, 5.41) is 2.19. The van der Waals surface area contributed by atoms with E-state index in [2.05, 4.69) is 16.9 Å². The molecule has 0 unspecified atom stereocenters. The highest BCUT2D eigenvalue weighted by Gasteiger charge is 2.04. The van der Waals surface area contributed by atoms with Crippen LogP contribution in [0.25, 0.3) is 10.9 Å². The number of fused-ring (bicyclic) bond motifs is 1. The molecule has 1 N–H and O–H groups in total. The van der Waals surface area contributed by atoms with Crippen molar-refractivity contribution in [1.29, 1.82) is 0 Å². The van der Waals surface area contributed by atoms with E-state index in [9.17, 15) is 0 Å². The monoisotopic (exact) mass is 258 g/mol. The zero-order chi connectivity index (χ0) is 12.5. The third kappa shape index (κ3) is 2.11. The van der Waals surface area contributed by atoms with Gasteiger partial charge in [-0.2, -0.15) is 0 Å². The second kappa shape index (κ2) is 4.46. The van der Waals surface area contributed by atoms with Gasteiger partial charge in [0.15, 0.2) is 0 Å². The SMILES string of the molecule is Cc1nc(COc2ccc3[nH]ccc3c2)sc1C. The zero-order valence-electron chi connectivity index (χ0n) is 10.4. The minimum Gasteiger partial charge on any atom is -0.486 e. The molecule has 3 rings (SSSR count). The van der Waals surface area contributed by atoms with Crippen LogP contribution in [0.2, 0.25) is 0 Å².